The molecule has 0 saturated heterocycles. The maximum Gasteiger partial charge on any atom is 0.260 e. The molecule has 0 aliphatic heterocycles. The lowest BCUT2D eigenvalue weighted by atomic mass is 10.3. The predicted octanol–water partition coefficient (Wildman–Crippen LogP) is 2.49. The molecule has 0 aliphatic carbocycles. The van der Waals surface area contributed by atoms with Gasteiger partial charge in [0.15, 0.2) is 18.1 Å². The molecule has 19 heavy (non-hydrogen) atoms. The zero-order valence-corrected chi connectivity index (χ0v) is 11.4. The summed E-state index contributed by atoms with van der Waals surface area (Å²) < 4.78 is 5.30. The first kappa shape index (κ1) is 13.4. The normalized spacial score (nSPS) is 10.2. The minimum atomic E-state index is -0.130. The third-order valence-electron chi connectivity index (χ3n) is 2.64. The molecule has 0 radical (unpaired) electrons. The van der Waals surface area contributed by atoms with Gasteiger partial charge in [0.1, 0.15) is 0 Å². The number of thiophene rings is 1. The number of para-hydroxylation sites is 2. The molecule has 0 saturated carbocycles. The molecule has 100 valence electrons. The summed E-state index contributed by atoms with van der Waals surface area (Å²) in [6.45, 7) is 0.477. The van der Waals surface area contributed by atoms with Gasteiger partial charge in [-0.2, -0.15) is 11.3 Å². The number of likely N-dealkylation sites (N-methyl/N-ethyl adjacent to an activating group) is 1. The summed E-state index contributed by atoms with van der Waals surface area (Å²) >= 11 is 1.60. The molecule has 0 fully saturated rings. The number of rotatable bonds is 5. The summed E-state index contributed by atoms with van der Waals surface area (Å²) in [5.74, 6) is 0.227. The Morgan fingerprint density at radius 1 is 1.37 bits per heavy atom. The molecule has 0 aliphatic rings. The fourth-order valence-electron chi connectivity index (χ4n) is 1.57. The van der Waals surface area contributed by atoms with Gasteiger partial charge in [-0.25, -0.2) is 0 Å². The van der Waals surface area contributed by atoms with Crippen molar-refractivity contribution >= 4 is 17.2 Å². The van der Waals surface area contributed by atoms with Crippen LogP contribution in [-0.2, 0) is 11.3 Å². The van der Waals surface area contributed by atoms with E-state index in [2.05, 4.69) is 0 Å². The Morgan fingerprint density at radius 3 is 2.84 bits per heavy atom. The van der Waals surface area contributed by atoms with Gasteiger partial charge in [-0.1, -0.05) is 12.1 Å². The Labute approximate surface area is 115 Å². The molecule has 1 amide bonds. The Bertz CT molecular complexity index is 539. The number of phenolic OH excluding ortho intramolecular Hbond substituents is 1. The Hall–Kier alpha value is -2.01. The molecule has 1 N–H and O–H groups in total. The maximum absolute atomic E-state index is 11.9. The van der Waals surface area contributed by atoms with Crippen LogP contribution in [0.15, 0.2) is 41.1 Å². The molecule has 4 nitrogen and oxygen atoms in total. The number of phenols is 1. The summed E-state index contributed by atoms with van der Waals surface area (Å²) in [4.78, 5) is 13.5. The molecular weight excluding hydrogens is 262 g/mol. The molecule has 0 unspecified atom stereocenters. The van der Waals surface area contributed by atoms with Gasteiger partial charge >= 0.3 is 0 Å². The standard InChI is InChI=1S/C14H15NO3S/c1-15(8-11-6-7-19-10-11)14(17)9-18-13-5-3-2-4-12(13)16/h2-7,10,16H,8-9H2,1H3. The van der Waals surface area contributed by atoms with Crippen molar-refractivity contribution in [3.05, 3.63) is 46.7 Å². The van der Waals surface area contributed by atoms with Crippen LogP contribution >= 0.6 is 11.3 Å². The van der Waals surface area contributed by atoms with E-state index in [4.69, 9.17) is 4.74 Å². The van der Waals surface area contributed by atoms with Crippen LogP contribution in [0.25, 0.3) is 0 Å². The van der Waals surface area contributed by atoms with Crippen LogP contribution in [0.5, 0.6) is 11.5 Å². The number of hydrogen-bond acceptors (Lipinski definition) is 4. The highest BCUT2D eigenvalue weighted by molar-refractivity contribution is 7.07. The van der Waals surface area contributed by atoms with Crippen molar-refractivity contribution < 1.29 is 14.6 Å². The summed E-state index contributed by atoms with van der Waals surface area (Å²) in [7, 11) is 1.73. The maximum atomic E-state index is 11.9. The summed E-state index contributed by atoms with van der Waals surface area (Å²) in [5.41, 5.74) is 1.10. The second-order valence-electron chi connectivity index (χ2n) is 4.14. The largest absolute Gasteiger partial charge is 0.504 e. The van der Waals surface area contributed by atoms with Crippen molar-refractivity contribution in [3.8, 4) is 11.5 Å². The van der Waals surface area contributed by atoms with Crippen molar-refractivity contribution in [2.24, 2.45) is 0 Å². The van der Waals surface area contributed by atoms with Crippen LogP contribution in [0.2, 0.25) is 0 Å². The van der Waals surface area contributed by atoms with Crippen molar-refractivity contribution in [2.75, 3.05) is 13.7 Å². The Balaban J connectivity index is 1.86. The van der Waals surface area contributed by atoms with Gasteiger partial charge in [-0.05, 0) is 34.5 Å². The zero-order valence-electron chi connectivity index (χ0n) is 10.6. The van der Waals surface area contributed by atoms with Gasteiger partial charge in [0, 0.05) is 13.6 Å². The number of carbonyl (C=O) groups excluding carboxylic acids is 1. The number of aromatic hydroxyl groups is 1. The van der Waals surface area contributed by atoms with Gasteiger partial charge in [-0.3, -0.25) is 4.79 Å². The average Bonchev–Trinajstić information content (AvgIpc) is 2.90. The van der Waals surface area contributed by atoms with Crippen LogP contribution in [0.3, 0.4) is 0 Å². The highest BCUT2D eigenvalue weighted by Gasteiger charge is 2.11. The molecule has 1 aromatic heterocycles. The van der Waals surface area contributed by atoms with E-state index in [-0.39, 0.29) is 18.3 Å². The van der Waals surface area contributed by atoms with Gasteiger partial charge in [0.2, 0.25) is 0 Å². The third kappa shape index (κ3) is 3.72. The fraction of sp³-hybridized carbons (Fsp3) is 0.214. The first-order valence-corrected chi connectivity index (χ1v) is 6.77. The lowest BCUT2D eigenvalue weighted by molar-refractivity contribution is -0.132. The molecule has 1 heterocycles. The predicted molar refractivity (Wildman–Crippen MR) is 74.4 cm³/mol. The monoisotopic (exact) mass is 277 g/mol. The third-order valence-corrected chi connectivity index (χ3v) is 3.37. The molecule has 0 spiro atoms. The van der Waals surface area contributed by atoms with Crippen LogP contribution in [-0.4, -0.2) is 29.6 Å². The van der Waals surface area contributed by atoms with Gasteiger partial charge < -0.3 is 14.7 Å². The first-order valence-electron chi connectivity index (χ1n) is 5.82. The second kappa shape index (κ2) is 6.24. The topological polar surface area (TPSA) is 49.8 Å². The van der Waals surface area contributed by atoms with E-state index in [9.17, 15) is 9.90 Å². The number of amides is 1. The first-order chi connectivity index (χ1) is 9.16. The SMILES string of the molecule is CN(Cc1ccsc1)C(=O)COc1ccccc1O. The minimum Gasteiger partial charge on any atom is -0.504 e. The van der Waals surface area contributed by atoms with E-state index in [1.807, 2.05) is 16.8 Å². The number of nitrogens with zero attached hydrogens (tertiary/aromatic N) is 1. The van der Waals surface area contributed by atoms with E-state index in [1.54, 1.807) is 41.5 Å². The molecule has 2 rings (SSSR count). The molecule has 0 atom stereocenters. The summed E-state index contributed by atoms with van der Waals surface area (Å²) in [5, 5.41) is 13.5. The number of hydrogen-bond donors (Lipinski definition) is 1. The lowest BCUT2D eigenvalue weighted by Crippen LogP contribution is -2.30. The van der Waals surface area contributed by atoms with E-state index < -0.39 is 0 Å². The lowest BCUT2D eigenvalue weighted by Gasteiger charge is -2.17. The van der Waals surface area contributed by atoms with Crippen LogP contribution in [0, 0.1) is 0 Å². The van der Waals surface area contributed by atoms with Crippen molar-refractivity contribution in [1.82, 2.24) is 4.90 Å². The molecule has 1 aromatic carbocycles. The Morgan fingerprint density at radius 2 is 2.16 bits per heavy atom. The van der Waals surface area contributed by atoms with E-state index >= 15 is 0 Å². The quantitative estimate of drug-likeness (QED) is 0.913. The van der Waals surface area contributed by atoms with Crippen LogP contribution in [0.1, 0.15) is 5.56 Å². The molecule has 5 heteroatoms. The van der Waals surface area contributed by atoms with Crippen molar-refractivity contribution in [3.63, 3.8) is 0 Å². The highest BCUT2D eigenvalue weighted by Crippen LogP contribution is 2.24. The van der Waals surface area contributed by atoms with E-state index in [0.717, 1.165) is 5.56 Å². The van der Waals surface area contributed by atoms with Crippen molar-refractivity contribution in [1.29, 1.82) is 0 Å². The molecule has 0 bridgehead atoms. The van der Waals surface area contributed by atoms with E-state index in [0.29, 0.717) is 12.3 Å². The summed E-state index contributed by atoms with van der Waals surface area (Å²) in [6, 6.07) is 8.58. The van der Waals surface area contributed by atoms with Gasteiger partial charge in [0.05, 0.1) is 0 Å². The molecule has 2 aromatic rings. The molecular formula is C14H15NO3S. The average molecular weight is 277 g/mol. The fourth-order valence-corrected chi connectivity index (χ4v) is 2.23. The van der Waals surface area contributed by atoms with Crippen LogP contribution in [0.4, 0.5) is 0 Å². The number of benzene rings is 1. The van der Waals surface area contributed by atoms with Crippen LogP contribution < -0.4 is 4.74 Å². The van der Waals surface area contributed by atoms with Gasteiger partial charge in [-0.15, -0.1) is 0 Å². The number of carbonyl (C=O) groups is 1. The second-order valence-corrected chi connectivity index (χ2v) is 4.92. The zero-order chi connectivity index (χ0) is 13.7. The van der Waals surface area contributed by atoms with Crippen molar-refractivity contribution in [2.45, 2.75) is 6.54 Å². The smallest absolute Gasteiger partial charge is 0.260 e. The Kier molecular flexibility index (Phi) is 4.41. The number of ether oxygens (including phenoxy) is 1. The highest BCUT2D eigenvalue weighted by atomic mass is 32.1. The van der Waals surface area contributed by atoms with E-state index in [1.165, 1.54) is 6.07 Å². The van der Waals surface area contributed by atoms with Gasteiger partial charge in [0.25, 0.3) is 5.91 Å². The summed E-state index contributed by atoms with van der Waals surface area (Å²) in [6.07, 6.45) is 0. The minimum absolute atomic E-state index is 0.0378.